The maximum Gasteiger partial charge on any atom is 0.307 e. The first kappa shape index (κ1) is 22.3. The number of ether oxygens (including phenoxy) is 3. The molecule has 172 valence electrons. The Morgan fingerprint density at radius 3 is 2.61 bits per heavy atom. The minimum absolute atomic E-state index is 0.0710. The SMILES string of the molecule is COC(=O)C[C@@H](NC(=O)c1ccc2c(=O)n3c(nc2c1)CCC3)c1ccc(OC)c(OC)c1. The lowest BCUT2D eigenvalue weighted by atomic mass is 10.0. The van der Waals surface area contributed by atoms with Gasteiger partial charge in [-0.1, -0.05) is 6.07 Å². The highest BCUT2D eigenvalue weighted by Crippen LogP contribution is 2.31. The minimum atomic E-state index is -0.668. The molecule has 1 N–H and O–H groups in total. The highest BCUT2D eigenvalue weighted by Gasteiger charge is 2.22. The van der Waals surface area contributed by atoms with Crippen molar-refractivity contribution >= 4 is 22.8 Å². The summed E-state index contributed by atoms with van der Waals surface area (Å²) in [6, 6.07) is 9.32. The standard InChI is InChI=1S/C24H25N3O6/c1-31-19-9-7-14(12-20(19)32-2)17(13-22(28)33-3)26-23(29)15-6-8-16-18(11-15)25-21-5-4-10-27(21)24(16)30/h6-9,11-12,17H,4-5,10,13H2,1-3H3,(H,26,29)/t17-/m1/s1. The number of hydrogen-bond acceptors (Lipinski definition) is 7. The number of benzene rings is 2. The molecule has 0 aliphatic carbocycles. The molecule has 1 aromatic heterocycles. The van der Waals surface area contributed by atoms with E-state index < -0.39 is 17.9 Å². The highest BCUT2D eigenvalue weighted by molar-refractivity contribution is 5.98. The van der Waals surface area contributed by atoms with Crippen molar-refractivity contribution in [3.05, 3.63) is 63.7 Å². The van der Waals surface area contributed by atoms with Gasteiger partial charge in [0.05, 0.1) is 44.7 Å². The van der Waals surface area contributed by atoms with E-state index in [9.17, 15) is 14.4 Å². The second kappa shape index (κ2) is 9.32. The average Bonchev–Trinajstić information content (AvgIpc) is 3.31. The fourth-order valence-corrected chi connectivity index (χ4v) is 4.04. The van der Waals surface area contributed by atoms with E-state index >= 15 is 0 Å². The Hall–Kier alpha value is -3.88. The van der Waals surface area contributed by atoms with E-state index in [1.807, 2.05) is 0 Å². The van der Waals surface area contributed by atoms with Gasteiger partial charge in [-0.15, -0.1) is 0 Å². The minimum Gasteiger partial charge on any atom is -0.493 e. The smallest absolute Gasteiger partial charge is 0.307 e. The lowest BCUT2D eigenvalue weighted by Gasteiger charge is -2.20. The number of nitrogens with one attached hydrogen (secondary N) is 1. The summed E-state index contributed by atoms with van der Waals surface area (Å²) in [5.74, 6) is 0.868. The number of esters is 1. The van der Waals surface area contributed by atoms with Crippen LogP contribution in [-0.4, -0.2) is 42.8 Å². The van der Waals surface area contributed by atoms with Crippen molar-refractivity contribution < 1.29 is 23.8 Å². The third-order valence-corrected chi connectivity index (χ3v) is 5.79. The van der Waals surface area contributed by atoms with Gasteiger partial charge >= 0.3 is 5.97 Å². The maximum atomic E-state index is 13.1. The van der Waals surface area contributed by atoms with E-state index in [-0.39, 0.29) is 12.0 Å². The normalized spacial score (nSPS) is 13.3. The molecule has 1 atom stereocenters. The Bertz CT molecular complexity index is 1280. The van der Waals surface area contributed by atoms with Gasteiger partial charge in [-0.25, -0.2) is 4.98 Å². The third kappa shape index (κ3) is 4.39. The summed E-state index contributed by atoms with van der Waals surface area (Å²) >= 11 is 0. The molecule has 0 spiro atoms. The van der Waals surface area contributed by atoms with Crippen LogP contribution in [0.25, 0.3) is 10.9 Å². The molecule has 0 saturated heterocycles. The van der Waals surface area contributed by atoms with E-state index in [1.165, 1.54) is 21.3 Å². The van der Waals surface area contributed by atoms with Crippen molar-refractivity contribution in [2.75, 3.05) is 21.3 Å². The molecule has 0 bridgehead atoms. The summed E-state index contributed by atoms with van der Waals surface area (Å²) in [5.41, 5.74) is 1.39. The van der Waals surface area contributed by atoms with Crippen LogP contribution in [0.2, 0.25) is 0 Å². The van der Waals surface area contributed by atoms with Gasteiger partial charge in [0.25, 0.3) is 11.5 Å². The van der Waals surface area contributed by atoms with E-state index in [0.717, 1.165) is 18.7 Å². The first-order valence-corrected chi connectivity index (χ1v) is 10.6. The molecule has 9 heteroatoms. The molecule has 1 amide bonds. The summed E-state index contributed by atoms with van der Waals surface area (Å²) in [5, 5.41) is 3.36. The number of carbonyl (C=O) groups is 2. The molecule has 4 rings (SSSR count). The monoisotopic (exact) mass is 451 g/mol. The van der Waals surface area contributed by atoms with Gasteiger partial charge in [-0.2, -0.15) is 0 Å². The molecule has 1 aliphatic rings. The van der Waals surface area contributed by atoms with E-state index in [4.69, 9.17) is 14.2 Å². The van der Waals surface area contributed by atoms with Crippen LogP contribution in [-0.2, 0) is 22.5 Å². The number of hydrogen-bond donors (Lipinski definition) is 1. The van der Waals surface area contributed by atoms with Crippen molar-refractivity contribution in [3.63, 3.8) is 0 Å². The number of amides is 1. The molecule has 0 saturated carbocycles. The van der Waals surface area contributed by atoms with E-state index in [0.29, 0.717) is 40.1 Å². The van der Waals surface area contributed by atoms with Crippen molar-refractivity contribution in [2.45, 2.75) is 31.8 Å². The van der Waals surface area contributed by atoms with Gasteiger partial charge in [0.15, 0.2) is 11.5 Å². The predicted molar refractivity (Wildman–Crippen MR) is 121 cm³/mol. The molecular weight excluding hydrogens is 426 g/mol. The molecule has 2 heterocycles. The Labute approximate surface area is 190 Å². The lowest BCUT2D eigenvalue weighted by Crippen LogP contribution is -2.30. The number of fused-ring (bicyclic) bond motifs is 2. The van der Waals surface area contributed by atoms with Crippen LogP contribution in [0.4, 0.5) is 0 Å². The molecule has 33 heavy (non-hydrogen) atoms. The van der Waals surface area contributed by atoms with Gasteiger partial charge in [-0.3, -0.25) is 19.0 Å². The lowest BCUT2D eigenvalue weighted by molar-refractivity contribution is -0.141. The van der Waals surface area contributed by atoms with Crippen LogP contribution in [0, 0.1) is 0 Å². The zero-order chi connectivity index (χ0) is 23.5. The van der Waals surface area contributed by atoms with Crippen LogP contribution in [0.3, 0.4) is 0 Å². The molecule has 0 unspecified atom stereocenters. The van der Waals surface area contributed by atoms with Gasteiger partial charge in [0.2, 0.25) is 0 Å². The van der Waals surface area contributed by atoms with Crippen LogP contribution < -0.4 is 20.3 Å². The number of rotatable bonds is 7. The molecule has 0 radical (unpaired) electrons. The number of aryl methyl sites for hydroxylation is 1. The first-order valence-electron chi connectivity index (χ1n) is 10.6. The zero-order valence-corrected chi connectivity index (χ0v) is 18.7. The summed E-state index contributed by atoms with van der Waals surface area (Å²) < 4.78 is 17.1. The molecule has 3 aromatic rings. The van der Waals surface area contributed by atoms with Gasteiger partial charge in [-0.05, 0) is 42.3 Å². The Morgan fingerprint density at radius 2 is 1.88 bits per heavy atom. The second-order valence-corrected chi connectivity index (χ2v) is 7.74. The predicted octanol–water partition coefficient (Wildman–Crippen LogP) is 2.39. The van der Waals surface area contributed by atoms with Gasteiger partial charge in [0.1, 0.15) is 5.82 Å². The summed E-state index contributed by atoms with van der Waals surface area (Å²) in [4.78, 5) is 42.4. The van der Waals surface area contributed by atoms with Gasteiger partial charge in [0, 0.05) is 18.5 Å². The topological polar surface area (TPSA) is 109 Å². The van der Waals surface area contributed by atoms with Crippen molar-refractivity contribution in [3.8, 4) is 11.5 Å². The third-order valence-electron chi connectivity index (χ3n) is 5.79. The second-order valence-electron chi connectivity index (χ2n) is 7.74. The Morgan fingerprint density at radius 1 is 1.09 bits per heavy atom. The highest BCUT2D eigenvalue weighted by atomic mass is 16.5. The fourth-order valence-electron chi connectivity index (χ4n) is 4.04. The number of carbonyl (C=O) groups excluding carboxylic acids is 2. The van der Waals surface area contributed by atoms with Crippen molar-refractivity contribution in [2.24, 2.45) is 0 Å². The van der Waals surface area contributed by atoms with E-state index in [2.05, 4.69) is 10.3 Å². The van der Waals surface area contributed by atoms with Crippen molar-refractivity contribution in [1.82, 2.24) is 14.9 Å². The quantitative estimate of drug-likeness (QED) is 0.550. The molecular formula is C24H25N3O6. The number of methoxy groups -OCH3 is 3. The van der Waals surface area contributed by atoms with Crippen LogP contribution in [0.1, 0.15) is 40.6 Å². The van der Waals surface area contributed by atoms with Crippen molar-refractivity contribution in [1.29, 1.82) is 0 Å². The van der Waals surface area contributed by atoms with E-state index in [1.54, 1.807) is 41.0 Å². The number of nitrogens with zero attached hydrogens (tertiary/aromatic N) is 2. The van der Waals surface area contributed by atoms with Crippen LogP contribution in [0.5, 0.6) is 11.5 Å². The summed E-state index contributed by atoms with van der Waals surface area (Å²) in [6.07, 6.45) is 1.55. The molecule has 0 fully saturated rings. The van der Waals surface area contributed by atoms with Crippen LogP contribution >= 0.6 is 0 Å². The average molecular weight is 451 g/mol. The largest absolute Gasteiger partial charge is 0.493 e. The van der Waals surface area contributed by atoms with Gasteiger partial charge < -0.3 is 19.5 Å². The Balaban J connectivity index is 1.65. The molecule has 9 nitrogen and oxygen atoms in total. The first-order chi connectivity index (χ1) is 15.9. The fraction of sp³-hybridized carbons (Fsp3) is 0.333. The molecule has 1 aliphatic heterocycles. The number of aromatic nitrogens is 2. The zero-order valence-electron chi connectivity index (χ0n) is 18.7. The molecule has 2 aromatic carbocycles. The Kier molecular flexibility index (Phi) is 6.30. The summed E-state index contributed by atoms with van der Waals surface area (Å²) in [6.45, 7) is 0.667. The summed E-state index contributed by atoms with van der Waals surface area (Å²) in [7, 11) is 4.33. The maximum absolute atomic E-state index is 13.1. The van der Waals surface area contributed by atoms with Crippen LogP contribution in [0.15, 0.2) is 41.2 Å².